The number of phenols is 2. The van der Waals surface area contributed by atoms with E-state index in [1.807, 2.05) is 0 Å². The van der Waals surface area contributed by atoms with Gasteiger partial charge in [0.25, 0.3) is 5.91 Å². The molecule has 1 unspecified atom stereocenters. The van der Waals surface area contributed by atoms with E-state index in [0.717, 1.165) is 12.8 Å². The maximum atomic E-state index is 12.3. The van der Waals surface area contributed by atoms with Gasteiger partial charge < -0.3 is 19.8 Å². The maximum absolute atomic E-state index is 12.3. The van der Waals surface area contributed by atoms with Gasteiger partial charge in [0.2, 0.25) is 0 Å². The minimum Gasteiger partial charge on any atom is -0.508 e. The SMILES string of the molecule is COCC1CCCN(C(=O)c2cc(O)ccc2O)C1. The number of aromatic hydroxyl groups is 2. The number of phenolic OH excluding ortho intramolecular Hbond substituents is 2. The molecule has 0 aliphatic carbocycles. The Labute approximate surface area is 112 Å². The summed E-state index contributed by atoms with van der Waals surface area (Å²) in [5.74, 6) is -0.0281. The Morgan fingerprint density at radius 3 is 3.00 bits per heavy atom. The number of carbonyl (C=O) groups is 1. The topological polar surface area (TPSA) is 70.0 Å². The van der Waals surface area contributed by atoms with Crippen molar-refractivity contribution >= 4 is 5.91 Å². The third-order valence-electron chi connectivity index (χ3n) is 3.42. The molecule has 1 aliphatic rings. The van der Waals surface area contributed by atoms with E-state index in [2.05, 4.69) is 0 Å². The van der Waals surface area contributed by atoms with Crippen LogP contribution < -0.4 is 0 Å². The standard InChI is InChI=1S/C14H19NO4/c1-19-9-10-3-2-6-15(8-10)14(18)12-7-11(16)4-5-13(12)17/h4-5,7,10,16-17H,2-3,6,8-9H2,1H3. The molecule has 1 fully saturated rings. The van der Waals surface area contributed by atoms with Gasteiger partial charge in [-0.2, -0.15) is 0 Å². The van der Waals surface area contributed by atoms with Gasteiger partial charge in [0, 0.05) is 20.2 Å². The summed E-state index contributed by atoms with van der Waals surface area (Å²) in [5, 5.41) is 19.1. The average molecular weight is 265 g/mol. The third kappa shape index (κ3) is 3.17. The maximum Gasteiger partial charge on any atom is 0.257 e. The van der Waals surface area contributed by atoms with Crippen LogP contribution in [0.15, 0.2) is 18.2 Å². The average Bonchev–Trinajstić information content (AvgIpc) is 2.41. The zero-order valence-electron chi connectivity index (χ0n) is 11.0. The first kappa shape index (κ1) is 13.7. The van der Waals surface area contributed by atoms with Crippen molar-refractivity contribution in [2.24, 2.45) is 5.92 Å². The third-order valence-corrected chi connectivity index (χ3v) is 3.42. The fourth-order valence-electron chi connectivity index (χ4n) is 2.49. The first-order valence-corrected chi connectivity index (χ1v) is 6.42. The largest absolute Gasteiger partial charge is 0.508 e. The van der Waals surface area contributed by atoms with Crippen molar-refractivity contribution < 1.29 is 19.7 Å². The Kier molecular flexibility index (Phi) is 4.27. The van der Waals surface area contributed by atoms with E-state index in [1.165, 1.54) is 18.2 Å². The molecule has 0 saturated carbocycles. The Morgan fingerprint density at radius 2 is 2.26 bits per heavy atom. The molecule has 1 aliphatic heterocycles. The van der Waals surface area contributed by atoms with Crippen LogP contribution in [0.1, 0.15) is 23.2 Å². The van der Waals surface area contributed by atoms with Gasteiger partial charge in [-0.3, -0.25) is 4.79 Å². The minimum atomic E-state index is -0.241. The molecule has 1 atom stereocenters. The number of likely N-dealkylation sites (tertiary alicyclic amines) is 1. The highest BCUT2D eigenvalue weighted by Gasteiger charge is 2.26. The predicted octanol–water partition coefficient (Wildman–Crippen LogP) is 1.60. The number of amides is 1. The fraction of sp³-hybridized carbons (Fsp3) is 0.500. The lowest BCUT2D eigenvalue weighted by Crippen LogP contribution is -2.41. The smallest absolute Gasteiger partial charge is 0.257 e. The Bertz CT molecular complexity index is 459. The van der Waals surface area contributed by atoms with E-state index in [9.17, 15) is 15.0 Å². The van der Waals surface area contributed by atoms with Crippen LogP contribution in [-0.2, 0) is 4.74 Å². The predicted molar refractivity (Wildman–Crippen MR) is 70.3 cm³/mol. The molecular weight excluding hydrogens is 246 g/mol. The zero-order valence-corrected chi connectivity index (χ0v) is 11.0. The monoisotopic (exact) mass is 265 g/mol. The highest BCUT2D eigenvalue weighted by molar-refractivity contribution is 5.97. The van der Waals surface area contributed by atoms with E-state index in [-0.39, 0.29) is 23.0 Å². The van der Waals surface area contributed by atoms with Crippen LogP contribution in [0.5, 0.6) is 11.5 Å². The van der Waals surface area contributed by atoms with Gasteiger partial charge in [-0.1, -0.05) is 0 Å². The van der Waals surface area contributed by atoms with Gasteiger partial charge in [-0.05, 0) is 37.0 Å². The molecule has 5 nitrogen and oxygen atoms in total. The molecule has 19 heavy (non-hydrogen) atoms. The van der Waals surface area contributed by atoms with Crippen LogP contribution in [0.2, 0.25) is 0 Å². The number of carbonyl (C=O) groups excluding carboxylic acids is 1. The van der Waals surface area contributed by atoms with Crippen molar-refractivity contribution in [3.8, 4) is 11.5 Å². The molecule has 1 aromatic rings. The summed E-state index contributed by atoms with van der Waals surface area (Å²) in [7, 11) is 1.65. The summed E-state index contributed by atoms with van der Waals surface area (Å²) in [6, 6.07) is 3.99. The van der Waals surface area contributed by atoms with Crippen molar-refractivity contribution in [1.29, 1.82) is 0 Å². The molecule has 1 heterocycles. The van der Waals surface area contributed by atoms with Crippen LogP contribution >= 0.6 is 0 Å². The van der Waals surface area contributed by atoms with Crippen molar-refractivity contribution in [1.82, 2.24) is 4.90 Å². The second-order valence-electron chi connectivity index (χ2n) is 4.92. The van der Waals surface area contributed by atoms with Gasteiger partial charge in [-0.25, -0.2) is 0 Å². The molecule has 5 heteroatoms. The molecule has 1 aromatic carbocycles. The number of benzene rings is 1. The number of piperidine rings is 1. The lowest BCUT2D eigenvalue weighted by molar-refractivity contribution is 0.0568. The molecule has 104 valence electrons. The van der Waals surface area contributed by atoms with Gasteiger partial charge in [-0.15, -0.1) is 0 Å². The molecule has 0 bridgehead atoms. The highest BCUT2D eigenvalue weighted by atomic mass is 16.5. The molecule has 2 rings (SSSR count). The summed E-state index contributed by atoms with van der Waals surface area (Å²) >= 11 is 0. The van der Waals surface area contributed by atoms with Crippen LogP contribution in [0.25, 0.3) is 0 Å². The molecule has 1 saturated heterocycles. The lowest BCUT2D eigenvalue weighted by atomic mass is 9.98. The molecule has 2 N–H and O–H groups in total. The van der Waals surface area contributed by atoms with E-state index >= 15 is 0 Å². The zero-order chi connectivity index (χ0) is 13.8. The molecule has 1 amide bonds. The first-order chi connectivity index (χ1) is 9.11. The number of nitrogens with zero attached hydrogens (tertiary/aromatic N) is 1. The summed E-state index contributed by atoms with van der Waals surface area (Å²) in [4.78, 5) is 14.0. The quantitative estimate of drug-likeness (QED) is 0.814. The summed E-state index contributed by atoms with van der Waals surface area (Å²) in [6.45, 7) is 1.94. The molecule has 0 aromatic heterocycles. The molecule has 0 spiro atoms. The summed E-state index contributed by atoms with van der Waals surface area (Å²) < 4.78 is 5.13. The summed E-state index contributed by atoms with van der Waals surface area (Å²) in [6.07, 6.45) is 1.98. The van der Waals surface area contributed by atoms with Crippen LogP contribution in [0, 0.1) is 5.92 Å². The van der Waals surface area contributed by atoms with Gasteiger partial charge in [0.05, 0.1) is 12.2 Å². The van der Waals surface area contributed by atoms with Crippen LogP contribution in [0.3, 0.4) is 0 Å². The van der Waals surface area contributed by atoms with E-state index in [0.29, 0.717) is 25.6 Å². The number of ether oxygens (including phenoxy) is 1. The summed E-state index contributed by atoms with van der Waals surface area (Å²) in [5.41, 5.74) is 0.151. The second-order valence-corrected chi connectivity index (χ2v) is 4.92. The lowest BCUT2D eigenvalue weighted by Gasteiger charge is -2.32. The van der Waals surface area contributed by atoms with E-state index in [4.69, 9.17) is 4.74 Å². The van der Waals surface area contributed by atoms with Crippen LogP contribution in [-0.4, -0.2) is 47.8 Å². The van der Waals surface area contributed by atoms with Crippen molar-refractivity contribution in [3.05, 3.63) is 23.8 Å². The minimum absolute atomic E-state index is 0.0217. The van der Waals surface area contributed by atoms with Gasteiger partial charge >= 0.3 is 0 Å². The highest BCUT2D eigenvalue weighted by Crippen LogP contribution is 2.26. The number of methoxy groups -OCH3 is 1. The normalized spacial score (nSPS) is 19.4. The molecule has 0 radical (unpaired) electrons. The number of hydrogen-bond acceptors (Lipinski definition) is 4. The first-order valence-electron chi connectivity index (χ1n) is 6.42. The Hall–Kier alpha value is -1.75. The van der Waals surface area contributed by atoms with E-state index in [1.54, 1.807) is 12.0 Å². The van der Waals surface area contributed by atoms with Crippen LogP contribution in [0.4, 0.5) is 0 Å². The van der Waals surface area contributed by atoms with Gasteiger partial charge in [0.15, 0.2) is 0 Å². The van der Waals surface area contributed by atoms with Crippen molar-refractivity contribution in [3.63, 3.8) is 0 Å². The fourth-order valence-corrected chi connectivity index (χ4v) is 2.49. The van der Waals surface area contributed by atoms with Gasteiger partial charge in [0.1, 0.15) is 11.5 Å². The van der Waals surface area contributed by atoms with E-state index < -0.39 is 0 Å². The second kappa shape index (κ2) is 5.93. The number of rotatable bonds is 3. The number of hydrogen-bond donors (Lipinski definition) is 2. The Morgan fingerprint density at radius 1 is 1.47 bits per heavy atom. The van der Waals surface area contributed by atoms with Crippen molar-refractivity contribution in [2.75, 3.05) is 26.8 Å². The van der Waals surface area contributed by atoms with Crippen molar-refractivity contribution in [2.45, 2.75) is 12.8 Å². The molecular formula is C14H19NO4. The Balaban J connectivity index is 2.12.